The number of aryl methyl sites for hydroxylation is 1. The van der Waals surface area contributed by atoms with Crippen LogP contribution in [0.5, 0.6) is 0 Å². The predicted molar refractivity (Wildman–Crippen MR) is 167 cm³/mol. The van der Waals surface area contributed by atoms with Crippen LogP contribution in [0.25, 0.3) is 0 Å². The minimum absolute atomic E-state index is 0.0612. The molecule has 5 rings (SSSR count). The minimum Gasteiger partial charge on any atom is -0.475 e. The van der Waals surface area contributed by atoms with Gasteiger partial charge in [-0.1, -0.05) is 37.3 Å². The number of carbonyl (C=O) groups excluding carboxylic acids is 1. The number of hydrogen-bond donors (Lipinski definition) is 3. The Kier molecular flexibility index (Phi) is 15.9. The molecule has 3 N–H and O–H groups in total. The molecule has 54 heavy (non-hydrogen) atoms. The number of aromatic nitrogens is 2. The highest BCUT2D eigenvalue weighted by Crippen LogP contribution is 2.42. The Morgan fingerprint density at radius 3 is 1.69 bits per heavy atom. The van der Waals surface area contributed by atoms with E-state index in [4.69, 9.17) is 34.4 Å². The van der Waals surface area contributed by atoms with Crippen molar-refractivity contribution >= 4 is 23.8 Å². The van der Waals surface area contributed by atoms with Crippen molar-refractivity contribution in [1.82, 2.24) is 19.8 Å². The van der Waals surface area contributed by atoms with Crippen molar-refractivity contribution in [3.8, 4) is 0 Å². The van der Waals surface area contributed by atoms with Crippen molar-refractivity contribution in [2.24, 2.45) is 0 Å². The van der Waals surface area contributed by atoms with Crippen LogP contribution in [-0.2, 0) is 43.4 Å². The van der Waals surface area contributed by atoms with Crippen LogP contribution in [0.4, 0.5) is 39.5 Å². The van der Waals surface area contributed by atoms with E-state index in [2.05, 4.69) is 52.1 Å². The molecule has 1 spiro atoms. The van der Waals surface area contributed by atoms with Crippen LogP contribution in [0.3, 0.4) is 0 Å². The van der Waals surface area contributed by atoms with E-state index < -0.39 is 42.0 Å². The van der Waals surface area contributed by atoms with Gasteiger partial charge in [0.25, 0.3) is 5.91 Å². The summed E-state index contributed by atoms with van der Waals surface area (Å²) in [5.74, 6) is -8.26. The molecule has 12 nitrogen and oxygen atoms in total. The molecular formula is C33H33F9N4O8. The molecule has 2 aromatic heterocycles. The van der Waals surface area contributed by atoms with Gasteiger partial charge in [0, 0.05) is 63.4 Å². The fourth-order valence-corrected chi connectivity index (χ4v) is 5.12. The number of pyridine rings is 2. The van der Waals surface area contributed by atoms with E-state index in [1.807, 2.05) is 29.3 Å². The van der Waals surface area contributed by atoms with E-state index in [9.17, 15) is 44.3 Å². The SMILES string of the molecule is CCc1ccc(CN2CC(c3cccnc3)C3(C2)OCCN(Cc2ccncc2)C3=O)cc1.O=C(O)C(F)(F)F.O=C(O)C(F)(F)F.O=C(O)C(F)(F)F. The number of rotatable bonds is 6. The van der Waals surface area contributed by atoms with Crippen molar-refractivity contribution in [2.75, 3.05) is 26.2 Å². The second-order valence-corrected chi connectivity index (χ2v) is 11.4. The van der Waals surface area contributed by atoms with Gasteiger partial charge in [-0.05, 0) is 46.9 Å². The second-order valence-electron chi connectivity index (χ2n) is 11.4. The molecule has 0 saturated carbocycles. The Morgan fingerprint density at radius 1 is 0.759 bits per heavy atom. The maximum Gasteiger partial charge on any atom is 0.490 e. The first-order valence-corrected chi connectivity index (χ1v) is 15.4. The number of ether oxygens (including phenoxy) is 1. The summed E-state index contributed by atoms with van der Waals surface area (Å²) in [6.07, 6.45) is -7.01. The zero-order chi connectivity index (χ0) is 40.9. The topological polar surface area (TPSA) is 170 Å². The molecule has 0 aliphatic carbocycles. The number of benzene rings is 1. The van der Waals surface area contributed by atoms with Gasteiger partial charge in [0.15, 0.2) is 5.60 Å². The summed E-state index contributed by atoms with van der Waals surface area (Å²) in [4.78, 5) is 53.4. The van der Waals surface area contributed by atoms with Gasteiger partial charge in [-0.2, -0.15) is 39.5 Å². The van der Waals surface area contributed by atoms with E-state index in [0.29, 0.717) is 26.2 Å². The summed E-state index contributed by atoms with van der Waals surface area (Å²) in [6.45, 7) is 6.01. The Labute approximate surface area is 300 Å². The molecular weight excluding hydrogens is 751 g/mol. The van der Waals surface area contributed by atoms with Crippen LogP contribution < -0.4 is 0 Å². The minimum atomic E-state index is -5.08. The number of carbonyl (C=O) groups is 4. The average Bonchev–Trinajstić information content (AvgIpc) is 3.45. The van der Waals surface area contributed by atoms with E-state index in [1.54, 1.807) is 18.6 Å². The van der Waals surface area contributed by atoms with E-state index in [-0.39, 0.29) is 11.8 Å². The number of likely N-dealkylation sites (tertiary alicyclic amines) is 1. The lowest BCUT2D eigenvalue weighted by atomic mass is 9.83. The Morgan fingerprint density at radius 2 is 1.24 bits per heavy atom. The molecule has 2 unspecified atom stereocenters. The maximum absolute atomic E-state index is 14.0. The molecule has 3 aromatic rings. The van der Waals surface area contributed by atoms with Crippen molar-refractivity contribution < 1.29 is 78.7 Å². The largest absolute Gasteiger partial charge is 0.490 e. The second kappa shape index (κ2) is 19.1. The van der Waals surface area contributed by atoms with Crippen molar-refractivity contribution in [1.29, 1.82) is 0 Å². The zero-order valence-electron chi connectivity index (χ0n) is 28.0. The lowest BCUT2D eigenvalue weighted by molar-refractivity contribution is -0.193. The summed E-state index contributed by atoms with van der Waals surface area (Å²) in [6, 6.07) is 16.7. The normalized spacial score (nSPS) is 18.7. The number of halogens is 9. The van der Waals surface area contributed by atoms with E-state index in [1.165, 1.54) is 11.1 Å². The number of morpholine rings is 1. The third-order valence-electron chi connectivity index (χ3n) is 7.61. The van der Waals surface area contributed by atoms with Gasteiger partial charge >= 0.3 is 36.4 Å². The third-order valence-corrected chi connectivity index (χ3v) is 7.61. The highest BCUT2D eigenvalue weighted by Gasteiger charge is 2.57. The first-order valence-electron chi connectivity index (χ1n) is 15.4. The molecule has 4 heterocycles. The van der Waals surface area contributed by atoms with Gasteiger partial charge in [0.1, 0.15) is 0 Å². The molecule has 0 bridgehead atoms. The van der Waals surface area contributed by atoms with Gasteiger partial charge in [0.05, 0.1) is 6.61 Å². The van der Waals surface area contributed by atoms with Crippen LogP contribution in [0.2, 0.25) is 0 Å². The summed E-state index contributed by atoms with van der Waals surface area (Å²) in [5.41, 5.74) is 3.84. The first kappa shape index (κ1) is 44.8. The molecule has 0 radical (unpaired) electrons. The summed E-state index contributed by atoms with van der Waals surface area (Å²) < 4.78 is 102. The van der Waals surface area contributed by atoms with Crippen molar-refractivity contribution in [3.05, 3.63) is 95.6 Å². The van der Waals surface area contributed by atoms with Gasteiger partial charge < -0.3 is 25.0 Å². The van der Waals surface area contributed by atoms with Crippen LogP contribution >= 0.6 is 0 Å². The standard InChI is InChI=1S/C27H30N4O2.3C2HF3O2/c1-2-21-5-7-22(8-6-21)17-30-19-25(24-4-3-11-29-16-24)27(20-30)26(32)31(14-15-33-27)18-23-9-12-28-13-10-23;3*3-2(4,5)1(6)7/h3-13,16,25H,2,14-15,17-20H2,1H3;3*(H,6,7). The lowest BCUT2D eigenvalue weighted by Crippen LogP contribution is -2.59. The maximum atomic E-state index is 14.0. The predicted octanol–water partition coefficient (Wildman–Crippen LogP) is 5.34. The zero-order valence-corrected chi connectivity index (χ0v) is 28.0. The summed E-state index contributed by atoms with van der Waals surface area (Å²) in [5, 5.41) is 21.4. The Hall–Kier alpha value is -5.31. The third kappa shape index (κ3) is 13.6. The molecule has 2 atom stereocenters. The summed E-state index contributed by atoms with van der Waals surface area (Å²) >= 11 is 0. The van der Waals surface area contributed by atoms with Crippen molar-refractivity contribution in [2.45, 2.75) is 56.5 Å². The van der Waals surface area contributed by atoms with Crippen LogP contribution in [0, 0.1) is 0 Å². The van der Waals surface area contributed by atoms with Gasteiger partial charge in [0.2, 0.25) is 0 Å². The molecule has 1 amide bonds. The average molecular weight is 785 g/mol. The lowest BCUT2D eigenvalue weighted by Gasteiger charge is -2.42. The molecule has 2 saturated heterocycles. The molecule has 1 aromatic carbocycles. The molecule has 2 aliphatic rings. The van der Waals surface area contributed by atoms with E-state index in [0.717, 1.165) is 30.6 Å². The number of carboxylic acid groups (broad SMARTS) is 3. The quantitative estimate of drug-likeness (QED) is 0.276. The monoisotopic (exact) mass is 784 g/mol. The van der Waals surface area contributed by atoms with Crippen LogP contribution in [-0.4, -0.2) is 109 Å². The smallest absolute Gasteiger partial charge is 0.475 e. The highest BCUT2D eigenvalue weighted by molar-refractivity contribution is 5.88. The van der Waals surface area contributed by atoms with Gasteiger partial charge in [-0.15, -0.1) is 0 Å². The van der Waals surface area contributed by atoms with Gasteiger partial charge in [-0.3, -0.25) is 19.7 Å². The van der Waals surface area contributed by atoms with Gasteiger partial charge in [-0.25, -0.2) is 14.4 Å². The molecule has 2 fully saturated rings. The van der Waals surface area contributed by atoms with Crippen LogP contribution in [0.1, 0.15) is 35.1 Å². The van der Waals surface area contributed by atoms with Crippen molar-refractivity contribution in [3.63, 3.8) is 0 Å². The molecule has 21 heteroatoms. The fraction of sp³-hybridized carbons (Fsp3) is 0.394. The summed E-state index contributed by atoms with van der Waals surface area (Å²) in [7, 11) is 0. The fourth-order valence-electron chi connectivity index (χ4n) is 5.12. The number of alkyl halides is 9. The molecule has 2 aliphatic heterocycles. The number of carboxylic acids is 3. The Bertz CT molecular complexity index is 1620. The number of hydrogen-bond acceptors (Lipinski definition) is 8. The van der Waals surface area contributed by atoms with Crippen LogP contribution in [0.15, 0.2) is 73.3 Å². The molecule has 296 valence electrons. The first-order chi connectivity index (χ1) is 25.0. The highest BCUT2D eigenvalue weighted by atomic mass is 19.4. The number of aliphatic carboxylic acids is 3. The number of nitrogens with zero attached hydrogens (tertiary/aromatic N) is 4. The Balaban J connectivity index is 0.000000393. The van der Waals surface area contributed by atoms with E-state index >= 15 is 0 Å². The number of amides is 1.